The van der Waals surface area contributed by atoms with Crippen LogP contribution < -0.4 is 0 Å². The van der Waals surface area contributed by atoms with Crippen molar-refractivity contribution < 1.29 is 18.8 Å². The Balaban J connectivity index is 2.40. The number of esters is 1. The van der Waals surface area contributed by atoms with Gasteiger partial charge < -0.3 is 14.0 Å². The van der Waals surface area contributed by atoms with Crippen LogP contribution >= 0.6 is 0 Å². The van der Waals surface area contributed by atoms with E-state index in [0.717, 1.165) is 24.9 Å². The predicted molar refractivity (Wildman–Crippen MR) is 108 cm³/mol. The lowest BCUT2D eigenvalue weighted by atomic mass is 10.2. The van der Waals surface area contributed by atoms with Gasteiger partial charge in [0.05, 0.1) is 6.61 Å². The fourth-order valence-corrected chi connectivity index (χ4v) is 11.4. The first-order chi connectivity index (χ1) is 11.5. The molecule has 0 aliphatic rings. The van der Waals surface area contributed by atoms with Crippen LogP contribution in [0.25, 0.3) is 0 Å². The predicted octanol–water partition coefficient (Wildman–Crippen LogP) is 4.87. The van der Waals surface area contributed by atoms with Crippen molar-refractivity contribution in [3.8, 4) is 5.75 Å². The van der Waals surface area contributed by atoms with Gasteiger partial charge in [-0.15, -0.1) is 0 Å². The van der Waals surface area contributed by atoms with E-state index in [9.17, 15) is 9.90 Å². The topological polar surface area (TPSA) is 55.8 Å². The minimum atomic E-state index is -1.78. The fraction of sp³-hybridized carbons (Fsp3) is 0.526. The van der Waals surface area contributed by atoms with E-state index >= 15 is 0 Å². The molecule has 0 spiro atoms. The number of ether oxygens (including phenoxy) is 1. The molecule has 1 rings (SSSR count). The Hall–Kier alpha value is -1.38. The highest BCUT2D eigenvalue weighted by atomic mass is 28.4. The zero-order valence-electron chi connectivity index (χ0n) is 16.2. The smallest absolute Gasteiger partial charge is 0.333 e. The van der Waals surface area contributed by atoms with Crippen molar-refractivity contribution in [3.63, 3.8) is 0 Å². The summed E-state index contributed by atoms with van der Waals surface area (Å²) in [5.41, 5.74) is 1.67. The average Bonchev–Trinajstić information content (AvgIpc) is 2.49. The number of hydrogen-bond acceptors (Lipinski definition) is 4. The second-order valence-electron chi connectivity index (χ2n) is 7.81. The molecule has 6 heteroatoms. The molecule has 0 radical (unpaired) electrons. The summed E-state index contributed by atoms with van der Waals surface area (Å²) in [7, 11) is -3.53. The minimum absolute atomic E-state index is 0.303. The zero-order chi connectivity index (χ0) is 19.1. The molecule has 1 aromatic rings. The van der Waals surface area contributed by atoms with Gasteiger partial charge in [0.2, 0.25) is 0 Å². The van der Waals surface area contributed by atoms with E-state index in [1.165, 1.54) is 5.56 Å². The van der Waals surface area contributed by atoms with E-state index in [2.05, 4.69) is 32.8 Å². The van der Waals surface area contributed by atoms with Gasteiger partial charge in [-0.25, -0.2) is 4.79 Å². The maximum atomic E-state index is 11.4. The Morgan fingerprint density at radius 2 is 1.64 bits per heavy atom. The Labute approximate surface area is 154 Å². The molecule has 0 amide bonds. The van der Waals surface area contributed by atoms with Gasteiger partial charge in [0.25, 0.3) is 0 Å². The first-order valence-electron chi connectivity index (χ1n) is 8.81. The van der Waals surface area contributed by atoms with Gasteiger partial charge in [-0.2, -0.15) is 0 Å². The van der Waals surface area contributed by atoms with Crippen LogP contribution in [-0.2, 0) is 20.1 Å². The summed E-state index contributed by atoms with van der Waals surface area (Å²) in [5, 5.41) is 9.36. The Morgan fingerprint density at radius 1 is 1.08 bits per heavy atom. The summed E-state index contributed by atoms with van der Waals surface area (Å²) >= 11 is 0. The van der Waals surface area contributed by atoms with E-state index in [0.29, 0.717) is 17.9 Å². The van der Waals surface area contributed by atoms with Crippen molar-refractivity contribution in [1.82, 2.24) is 0 Å². The molecule has 0 unspecified atom stereocenters. The van der Waals surface area contributed by atoms with E-state index in [-0.39, 0.29) is 5.97 Å². The number of carbonyl (C=O) groups excluding carboxylic acids is 1. The molecular formula is C19H32O4Si2. The molecule has 140 valence electrons. The number of phenols is 1. The third-order valence-electron chi connectivity index (χ3n) is 4.01. The van der Waals surface area contributed by atoms with Crippen LogP contribution in [0.15, 0.2) is 36.4 Å². The molecule has 0 fully saturated rings. The van der Waals surface area contributed by atoms with Crippen LogP contribution in [0.3, 0.4) is 0 Å². The second kappa shape index (κ2) is 9.36. The molecule has 1 N–H and O–H groups in total. The SMILES string of the molecule is C=C(C)C(=O)OCCC[Si](C)(C)O[Si](C)(C)CCc1ccc(O)cc1. The van der Waals surface area contributed by atoms with Crippen LogP contribution in [-0.4, -0.2) is 34.3 Å². The number of carbonyl (C=O) groups is 1. The number of rotatable bonds is 10. The first kappa shape index (κ1) is 21.7. The summed E-state index contributed by atoms with van der Waals surface area (Å²) in [5.74, 6) is -0.0126. The quantitative estimate of drug-likeness (QED) is 0.272. The van der Waals surface area contributed by atoms with Crippen LogP contribution in [0.4, 0.5) is 0 Å². The van der Waals surface area contributed by atoms with E-state index in [1.807, 2.05) is 12.1 Å². The van der Waals surface area contributed by atoms with Crippen molar-refractivity contribution >= 4 is 22.6 Å². The third kappa shape index (κ3) is 9.04. The monoisotopic (exact) mass is 380 g/mol. The van der Waals surface area contributed by atoms with Gasteiger partial charge in [0, 0.05) is 5.57 Å². The third-order valence-corrected chi connectivity index (χ3v) is 11.4. The number of hydrogen-bond donors (Lipinski definition) is 1. The van der Waals surface area contributed by atoms with Crippen molar-refractivity contribution in [2.24, 2.45) is 0 Å². The first-order valence-corrected chi connectivity index (χ1v) is 15.0. The standard InChI is InChI=1S/C19H32O4Si2/c1-16(2)19(21)22-13-7-14-24(3,4)23-25(5,6)15-12-17-8-10-18(20)11-9-17/h8-11,20H,1,7,12-15H2,2-6H3. The molecule has 1 aromatic carbocycles. The lowest BCUT2D eigenvalue weighted by Gasteiger charge is -2.34. The molecular weight excluding hydrogens is 348 g/mol. The highest BCUT2D eigenvalue weighted by Gasteiger charge is 2.32. The van der Waals surface area contributed by atoms with Crippen LogP contribution in [0.2, 0.25) is 38.3 Å². The number of phenolic OH excluding ortho intramolecular Hbond substituents is 1. The van der Waals surface area contributed by atoms with Gasteiger partial charge >= 0.3 is 5.97 Å². The lowest BCUT2D eigenvalue weighted by molar-refractivity contribution is -0.138. The van der Waals surface area contributed by atoms with Gasteiger partial charge in [-0.3, -0.25) is 0 Å². The van der Waals surface area contributed by atoms with Crippen LogP contribution in [0, 0.1) is 0 Å². The molecule has 25 heavy (non-hydrogen) atoms. The average molecular weight is 381 g/mol. The molecule has 0 heterocycles. The minimum Gasteiger partial charge on any atom is -0.508 e. The number of aryl methyl sites for hydroxylation is 1. The highest BCUT2D eigenvalue weighted by Crippen LogP contribution is 2.24. The van der Waals surface area contributed by atoms with Crippen LogP contribution in [0.1, 0.15) is 18.9 Å². The van der Waals surface area contributed by atoms with E-state index in [4.69, 9.17) is 8.85 Å². The summed E-state index contributed by atoms with van der Waals surface area (Å²) in [6.07, 6.45) is 1.81. The van der Waals surface area contributed by atoms with Gasteiger partial charge in [0.1, 0.15) is 5.75 Å². The van der Waals surface area contributed by atoms with E-state index in [1.54, 1.807) is 19.1 Å². The van der Waals surface area contributed by atoms with Crippen molar-refractivity contribution in [1.29, 1.82) is 0 Å². The molecule has 0 aromatic heterocycles. The van der Waals surface area contributed by atoms with Gasteiger partial charge in [-0.05, 0) is 75.7 Å². The van der Waals surface area contributed by atoms with Crippen molar-refractivity contribution in [2.45, 2.75) is 58.0 Å². The second-order valence-corrected chi connectivity index (χ2v) is 16.7. The van der Waals surface area contributed by atoms with Crippen molar-refractivity contribution in [3.05, 3.63) is 42.0 Å². The normalized spacial score (nSPS) is 12.0. The Morgan fingerprint density at radius 3 is 2.20 bits per heavy atom. The zero-order valence-corrected chi connectivity index (χ0v) is 18.2. The molecule has 0 saturated carbocycles. The maximum Gasteiger partial charge on any atom is 0.333 e. The summed E-state index contributed by atoms with van der Waals surface area (Å²) in [6, 6.07) is 9.44. The number of benzene rings is 1. The summed E-state index contributed by atoms with van der Waals surface area (Å²) in [4.78, 5) is 11.4. The number of aromatic hydroxyl groups is 1. The molecule has 0 aliphatic carbocycles. The Kier molecular flexibility index (Phi) is 8.11. The highest BCUT2D eigenvalue weighted by molar-refractivity contribution is 6.84. The fourth-order valence-electron chi connectivity index (χ4n) is 2.74. The molecule has 0 aliphatic heterocycles. The largest absolute Gasteiger partial charge is 0.508 e. The van der Waals surface area contributed by atoms with Gasteiger partial charge in [-0.1, -0.05) is 18.7 Å². The summed E-state index contributed by atoms with van der Waals surface area (Å²) in [6.45, 7) is 14.7. The van der Waals surface area contributed by atoms with Crippen molar-refractivity contribution in [2.75, 3.05) is 6.61 Å². The molecule has 0 atom stereocenters. The lowest BCUT2D eigenvalue weighted by Crippen LogP contribution is -2.44. The molecule has 4 nitrogen and oxygen atoms in total. The maximum absolute atomic E-state index is 11.4. The Bertz CT molecular complexity index is 580. The molecule has 0 saturated heterocycles. The van der Waals surface area contributed by atoms with E-state index < -0.39 is 16.6 Å². The summed E-state index contributed by atoms with van der Waals surface area (Å²) < 4.78 is 11.8. The van der Waals surface area contributed by atoms with Crippen LogP contribution in [0.5, 0.6) is 5.75 Å². The molecule has 0 bridgehead atoms. The van der Waals surface area contributed by atoms with Gasteiger partial charge in [0.15, 0.2) is 16.6 Å².